The highest BCUT2D eigenvalue weighted by Crippen LogP contribution is 2.25. The second-order valence-corrected chi connectivity index (χ2v) is 2.87. The zero-order valence-electron chi connectivity index (χ0n) is 8.93. The summed E-state index contributed by atoms with van der Waals surface area (Å²) in [5, 5.41) is 0.424. The molecule has 3 heteroatoms. The lowest BCUT2D eigenvalue weighted by Crippen LogP contribution is -1.90. The minimum atomic E-state index is 0.424. The first-order valence-electron chi connectivity index (χ1n) is 4.48. The molecular weight excluding hydrogens is 200 g/mol. The lowest BCUT2D eigenvalue weighted by molar-refractivity contribution is 0.112. The Morgan fingerprint density at radius 1 is 1.36 bits per heavy atom. The first-order valence-corrected chi connectivity index (χ1v) is 4.86. The van der Waals surface area contributed by atoms with Crippen molar-refractivity contribution in [2.75, 3.05) is 7.11 Å². The minimum absolute atomic E-state index is 0.424. The highest BCUT2D eigenvalue weighted by Gasteiger charge is 2.04. The SMILES string of the molecule is CC.COc1cc(Cl)c(C=O)cc1C. The molecule has 0 saturated carbocycles. The summed E-state index contributed by atoms with van der Waals surface area (Å²) in [5.41, 5.74) is 1.40. The third-order valence-corrected chi connectivity index (χ3v) is 1.97. The van der Waals surface area contributed by atoms with Crippen molar-refractivity contribution in [1.29, 1.82) is 0 Å². The lowest BCUT2D eigenvalue weighted by atomic mass is 10.1. The molecular formula is C11H15ClO2. The fraction of sp³-hybridized carbons (Fsp3) is 0.364. The molecule has 1 aromatic carbocycles. The maximum absolute atomic E-state index is 10.5. The lowest BCUT2D eigenvalue weighted by Gasteiger charge is -2.05. The molecule has 0 radical (unpaired) electrons. The molecule has 14 heavy (non-hydrogen) atoms. The number of benzene rings is 1. The summed E-state index contributed by atoms with van der Waals surface area (Å²) in [5.74, 6) is 0.700. The van der Waals surface area contributed by atoms with E-state index in [1.165, 1.54) is 0 Å². The molecule has 0 spiro atoms. The Morgan fingerprint density at radius 2 is 1.93 bits per heavy atom. The number of halogens is 1. The van der Waals surface area contributed by atoms with Gasteiger partial charge in [-0.3, -0.25) is 4.79 Å². The Bertz CT molecular complexity index is 308. The van der Waals surface area contributed by atoms with Gasteiger partial charge in [-0.1, -0.05) is 25.4 Å². The van der Waals surface area contributed by atoms with E-state index in [1.807, 2.05) is 20.8 Å². The maximum Gasteiger partial charge on any atom is 0.151 e. The monoisotopic (exact) mass is 214 g/mol. The maximum atomic E-state index is 10.5. The van der Waals surface area contributed by atoms with Crippen molar-refractivity contribution in [3.05, 3.63) is 28.3 Å². The number of methoxy groups -OCH3 is 1. The van der Waals surface area contributed by atoms with Crippen molar-refractivity contribution < 1.29 is 9.53 Å². The van der Waals surface area contributed by atoms with Crippen LogP contribution in [0.25, 0.3) is 0 Å². The topological polar surface area (TPSA) is 26.3 Å². The highest BCUT2D eigenvalue weighted by molar-refractivity contribution is 6.33. The molecule has 0 bridgehead atoms. The second kappa shape index (κ2) is 6.44. The summed E-state index contributed by atoms with van der Waals surface area (Å²) in [7, 11) is 1.57. The van der Waals surface area contributed by atoms with Gasteiger partial charge in [0, 0.05) is 5.56 Å². The van der Waals surface area contributed by atoms with E-state index in [4.69, 9.17) is 16.3 Å². The standard InChI is InChI=1S/C9H9ClO2.C2H6/c1-6-3-7(5-11)8(10)4-9(6)12-2;1-2/h3-5H,1-2H3;1-2H3. The molecule has 0 heterocycles. The number of hydrogen-bond donors (Lipinski definition) is 0. The quantitative estimate of drug-likeness (QED) is 0.705. The predicted molar refractivity (Wildman–Crippen MR) is 59.5 cm³/mol. The highest BCUT2D eigenvalue weighted by atomic mass is 35.5. The number of carbonyl (C=O) groups excluding carboxylic acids is 1. The molecule has 1 rings (SSSR count). The van der Waals surface area contributed by atoms with Gasteiger partial charge in [-0.25, -0.2) is 0 Å². The van der Waals surface area contributed by atoms with Crippen molar-refractivity contribution in [2.24, 2.45) is 0 Å². The third-order valence-electron chi connectivity index (χ3n) is 1.64. The van der Waals surface area contributed by atoms with Crippen LogP contribution in [0.3, 0.4) is 0 Å². The van der Waals surface area contributed by atoms with Gasteiger partial charge in [0.1, 0.15) is 5.75 Å². The number of hydrogen-bond acceptors (Lipinski definition) is 2. The van der Waals surface area contributed by atoms with Crippen molar-refractivity contribution in [1.82, 2.24) is 0 Å². The zero-order chi connectivity index (χ0) is 11.1. The van der Waals surface area contributed by atoms with Crippen LogP contribution in [0.5, 0.6) is 5.75 Å². The van der Waals surface area contributed by atoms with E-state index in [1.54, 1.807) is 19.2 Å². The van der Waals surface area contributed by atoms with E-state index in [-0.39, 0.29) is 0 Å². The molecule has 0 fully saturated rings. The first-order chi connectivity index (χ1) is 6.69. The number of rotatable bonds is 2. The fourth-order valence-electron chi connectivity index (χ4n) is 0.996. The molecule has 0 aliphatic heterocycles. The molecule has 0 aromatic heterocycles. The van der Waals surface area contributed by atoms with Crippen LogP contribution < -0.4 is 4.74 Å². The Balaban J connectivity index is 0.000000791. The summed E-state index contributed by atoms with van der Waals surface area (Å²) in [6, 6.07) is 3.34. The average Bonchev–Trinajstić information content (AvgIpc) is 2.23. The van der Waals surface area contributed by atoms with Crippen LogP contribution in [0, 0.1) is 6.92 Å². The molecule has 1 aromatic rings. The Morgan fingerprint density at radius 3 is 2.36 bits per heavy atom. The molecule has 0 saturated heterocycles. The van der Waals surface area contributed by atoms with Crippen molar-refractivity contribution in [2.45, 2.75) is 20.8 Å². The van der Waals surface area contributed by atoms with Gasteiger partial charge in [-0.05, 0) is 24.6 Å². The van der Waals surface area contributed by atoms with Gasteiger partial charge in [0.15, 0.2) is 6.29 Å². The third kappa shape index (κ3) is 3.04. The van der Waals surface area contributed by atoms with Crippen LogP contribution in [0.4, 0.5) is 0 Å². The van der Waals surface area contributed by atoms with E-state index in [0.717, 1.165) is 11.8 Å². The van der Waals surface area contributed by atoms with Gasteiger partial charge < -0.3 is 4.74 Å². The first kappa shape index (κ1) is 13.0. The number of aldehydes is 1. The average molecular weight is 215 g/mol. The molecule has 0 unspecified atom stereocenters. The zero-order valence-corrected chi connectivity index (χ0v) is 9.68. The van der Waals surface area contributed by atoms with Gasteiger partial charge in [0.05, 0.1) is 12.1 Å². The van der Waals surface area contributed by atoms with Crippen LogP contribution in [0.15, 0.2) is 12.1 Å². The van der Waals surface area contributed by atoms with Gasteiger partial charge in [-0.15, -0.1) is 0 Å². The molecule has 0 atom stereocenters. The van der Waals surface area contributed by atoms with Crippen LogP contribution in [-0.4, -0.2) is 13.4 Å². The molecule has 0 aliphatic carbocycles. The van der Waals surface area contributed by atoms with E-state index in [2.05, 4.69) is 0 Å². The molecule has 0 amide bonds. The summed E-state index contributed by atoms with van der Waals surface area (Å²) >= 11 is 5.77. The molecule has 2 nitrogen and oxygen atoms in total. The summed E-state index contributed by atoms with van der Waals surface area (Å²) < 4.78 is 5.02. The summed E-state index contributed by atoms with van der Waals surface area (Å²) in [6.45, 7) is 5.86. The van der Waals surface area contributed by atoms with Crippen molar-refractivity contribution in [3.63, 3.8) is 0 Å². The Hall–Kier alpha value is -1.02. The molecule has 78 valence electrons. The van der Waals surface area contributed by atoms with Crippen molar-refractivity contribution >= 4 is 17.9 Å². The molecule has 0 N–H and O–H groups in total. The van der Waals surface area contributed by atoms with Gasteiger partial charge in [-0.2, -0.15) is 0 Å². The fourth-order valence-corrected chi connectivity index (χ4v) is 1.19. The van der Waals surface area contributed by atoms with E-state index >= 15 is 0 Å². The smallest absolute Gasteiger partial charge is 0.151 e. The minimum Gasteiger partial charge on any atom is -0.496 e. The summed E-state index contributed by atoms with van der Waals surface area (Å²) in [6.07, 6.45) is 0.731. The largest absolute Gasteiger partial charge is 0.496 e. The number of carbonyl (C=O) groups is 1. The number of aryl methyl sites for hydroxylation is 1. The summed E-state index contributed by atoms with van der Waals surface area (Å²) in [4.78, 5) is 10.5. The predicted octanol–water partition coefficient (Wildman–Crippen LogP) is 3.50. The van der Waals surface area contributed by atoms with Crippen LogP contribution in [0.2, 0.25) is 5.02 Å². The van der Waals surface area contributed by atoms with E-state index in [0.29, 0.717) is 16.3 Å². The van der Waals surface area contributed by atoms with Gasteiger partial charge in [0.25, 0.3) is 0 Å². The molecule has 0 aliphatic rings. The Kier molecular flexibility index (Phi) is 5.97. The second-order valence-electron chi connectivity index (χ2n) is 2.46. The van der Waals surface area contributed by atoms with E-state index < -0.39 is 0 Å². The van der Waals surface area contributed by atoms with Gasteiger partial charge in [0.2, 0.25) is 0 Å². The Labute approximate surface area is 89.8 Å². The van der Waals surface area contributed by atoms with Gasteiger partial charge >= 0.3 is 0 Å². The van der Waals surface area contributed by atoms with Crippen LogP contribution in [0.1, 0.15) is 29.8 Å². The number of ether oxygens (including phenoxy) is 1. The normalized spacial score (nSPS) is 8.64. The van der Waals surface area contributed by atoms with Crippen molar-refractivity contribution in [3.8, 4) is 5.75 Å². The van der Waals surface area contributed by atoms with Crippen LogP contribution in [-0.2, 0) is 0 Å². The van der Waals surface area contributed by atoms with Crippen LogP contribution >= 0.6 is 11.6 Å². The van der Waals surface area contributed by atoms with E-state index in [9.17, 15) is 4.79 Å².